The van der Waals surface area contributed by atoms with E-state index >= 15 is 0 Å². The van der Waals surface area contributed by atoms with Gasteiger partial charge in [0.2, 0.25) is 0 Å². The standard InChI is InChI=1S/C19H19N3O2/c1-23-17-8-3-14(4-9-17)22(16-7-12-19(20)21-13-16)15-5-10-18(24-2)11-6-15/h3-13H,1-2H3,(H2,20,21). The highest BCUT2D eigenvalue weighted by atomic mass is 16.5. The molecule has 2 aromatic carbocycles. The maximum atomic E-state index is 5.72. The van der Waals surface area contributed by atoms with Crippen LogP contribution in [0, 0.1) is 0 Å². The van der Waals surface area contributed by atoms with E-state index in [-0.39, 0.29) is 0 Å². The molecule has 0 saturated heterocycles. The molecule has 0 amide bonds. The molecule has 0 radical (unpaired) electrons. The number of hydrogen-bond donors (Lipinski definition) is 1. The molecule has 0 spiro atoms. The van der Waals surface area contributed by atoms with Crippen molar-refractivity contribution in [3.63, 3.8) is 0 Å². The number of methoxy groups -OCH3 is 2. The van der Waals surface area contributed by atoms with Crippen molar-refractivity contribution in [3.05, 3.63) is 66.9 Å². The Bertz CT molecular complexity index is 737. The summed E-state index contributed by atoms with van der Waals surface area (Å²) in [5.41, 5.74) is 8.62. The van der Waals surface area contributed by atoms with Gasteiger partial charge in [0.15, 0.2) is 0 Å². The van der Waals surface area contributed by atoms with Gasteiger partial charge in [0, 0.05) is 11.4 Å². The molecule has 5 nitrogen and oxygen atoms in total. The zero-order valence-corrected chi connectivity index (χ0v) is 13.6. The molecule has 0 aliphatic heterocycles. The van der Waals surface area contributed by atoms with Gasteiger partial charge in [-0.25, -0.2) is 4.98 Å². The highest BCUT2D eigenvalue weighted by Crippen LogP contribution is 2.35. The number of nitrogen functional groups attached to an aromatic ring is 1. The molecule has 0 atom stereocenters. The number of hydrogen-bond acceptors (Lipinski definition) is 5. The SMILES string of the molecule is COc1ccc(N(c2ccc(OC)cc2)c2ccc(N)nc2)cc1. The lowest BCUT2D eigenvalue weighted by Crippen LogP contribution is -2.10. The third-order valence-corrected chi connectivity index (χ3v) is 3.69. The van der Waals surface area contributed by atoms with E-state index < -0.39 is 0 Å². The number of nitrogens with zero attached hydrogens (tertiary/aromatic N) is 2. The molecule has 0 fully saturated rings. The molecule has 3 aromatic rings. The first-order valence-electron chi connectivity index (χ1n) is 7.51. The maximum Gasteiger partial charge on any atom is 0.123 e. The number of rotatable bonds is 5. The van der Waals surface area contributed by atoms with Crippen LogP contribution in [0.4, 0.5) is 22.9 Å². The number of aromatic nitrogens is 1. The summed E-state index contributed by atoms with van der Waals surface area (Å²) in [4.78, 5) is 6.29. The molecule has 1 heterocycles. The highest BCUT2D eigenvalue weighted by molar-refractivity contribution is 5.76. The third kappa shape index (κ3) is 3.25. The number of anilines is 4. The lowest BCUT2D eigenvalue weighted by molar-refractivity contribution is 0.415. The number of ether oxygens (including phenoxy) is 2. The Morgan fingerprint density at radius 1 is 0.708 bits per heavy atom. The summed E-state index contributed by atoms with van der Waals surface area (Å²) in [5.74, 6) is 2.11. The first-order valence-corrected chi connectivity index (χ1v) is 7.51. The van der Waals surface area contributed by atoms with Crippen molar-refractivity contribution in [2.45, 2.75) is 0 Å². The number of benzene rings is 2. The predicted molar refractivity (Wildman–Crippen MR) is 96.4 cm³/mol. The molecule has 122 valence electrons. The van der Waals surface area contributed by atoms with Crippen LogP contribution in [0.25, 0.3) is 0 Å². The van der Waals surface area contributed by atoms with Crippen LogP contribution >= 0.6 is 0 Å². The molecular formula is C19H19N3O2. The van der Waals surface area contributed by atoms with Crippen molar-refractivity contribution in [2.24, 2.45) is 0 Å². The van der Waals surface area contributed by atoms with Crippen molar-refractivity contribution >= 4 is 22.9 Å². The van der Waals surface area contributed by atoms with Crippen molar-refractivity contribution in [1.29, 1.82) is 0 Å². The van der Waals surface area contributed by atoms with Crippen LogP contribution in [0.15, 0.2) is 66.9 Å². The minimum Gasteiger partial charge on any atom is -0.497 e. The van der Waals surface area contributed by atoms with Crippen LogP contribution in [0.5, 0.6) is 11.5 Å². The Labute approximate surface area is 141 Å². The second-order valence-corrected chi connectivity index (χ2v) is 5.17. The van der Waals surface area contributed by atoms with Gasteiger partial charge in [-0.05, 0) is 60.7 Å². The van der Waals surface area contributed by atoms with E-state index in [9.17, 15) is 0 Å². The third-order valence-electron chi connectivity index (χ3n) is 3.69. The van der Waals surface area contributed by atoms with Gasteiger partial charge in [0.05, 0.1) is 26.1 Å². The normalized spacial score (nSPS) is 10.2. The largest absolute Gasteiger partial charge is 0.497 e. The number of nitrogens with two attached hydrogens (primary N) is 1. The van der Waals surface area contributed by atoms with Crippen molar-refractivity contribution in [2.75, 3.05) is 24.9 Å². The van der Waals surface area contributed by atoms with Gasteiger partial charge in [-0.2, -0.15) is 0 Å². The topological polar surface area (TPSA) is 60.6 Å². The van der Waals surface area contributed by atoms with Crippen LogP contribution in [0.1, 0.15) is 0 Å². The van der Waals surface area contributed by atoms with Gasteiger partial charge < -0.3 is 20.1 Å². The fraction of sp³-hybridized carbons (Fsp3) is 0.105. The fourth-order valence-electron chi connectivity index (χ4n) is 2.44. The minimum absolute atomic E-state index is 0.489. The Morgan fingerprint density at radius 2 is 1.17 bits per heavy atom. The fourth-order valence-corrected chi connectivity index (χ4v) is 2.44. The minimum atomic E-state index is 0.489. The van der Waals surface area contributed by atoms with E-state index in [4.69, 9.17) is 15.2 Å². The average Bonchev–Trinajstić information content (AvgIpc) is 2.64. The first-order chi connectivity index (χ1) is 11.7. The van der Waals surface area contributed by atoms with Gasteiger partial charge in [-0.15, -0.1) is 0 Å². The Balaban J connectivity index is 2.06. The molecule has 0 aliphatic carbocycles. The summed E-state index contributed by atoms with van der Waals surface area (Å²) < 4.78 is 10.5. The molecule has 2 N–H and O–H groups in total. The monoisotopic (exact) mass is 321 g/mol. The molecule has 0 unspecified atom stereocenters. The van der Waals surface area contributed by atoms with Crippen LogP contribution in [-0.2, 0) is 0 Å². The lowest BCUT2D eigenvalue weighted by atomic mass is 10.2. The van der Waals surface area contributed by atoms with E-state index in [0.717, 1.165) is 28.6 Å². The van der Waals surface area contributed by atoms with E-state index in [1.165, 1.54) is 0 Å². The Hall–Kier alpha value is -3.21. The van der Waals surface area contributed by atoms with E-state index in [1.54, 1.807) is 26.5 Å². The van der Waals surface area contributed by atoms with Crippen LogP contribution in [0.3, 0.4) is 0 Å². The Kier molecular flexibility index (Phi) is 4.52. The summed E-state index contributed by atoms with van der Waals surface area (Å²) in [7, 11) is 3.31. The molecule has 0 bridgehead atoms. The Morgan fingerprint density at radius 3 is 1.54 bits per heavy atom. The van der Waals surface area contributed by atoms with E-state index in [2.05, 4.69) is 9.88 Å². The van der Waals surface area contributed by atoms with Crippen LogP contribution in [-0.4, -0.2) is 19.2 Å². The lowest BCUT2D eigenvalue weighted by Gasteiger charge is -2.25. The maximum absolute atomic E-state index is 5.72. The number of pyridine rings is 1. The van der Waals surface area contributed by atoms with E-state index in [0.29, 0.717) is 5.82 Å². The van der Waals surface area contributed by atoms with Gasteiger partial charge in [-0.1, -0.05) is 0 Å². The summed E-state index contributed by atoms with van der Waals surface area (Å²) >= 11 is 0. The van der Waals surface area contributed by atoms with Gasteiger partial charge in [0.1, 0.15) is 17.3 Å². The molecule has 3 rings (SSSR count). The molecule has 24 heavy (non-hydrogen) atoms. The molecule has 1 aromatic heterocycles. The summed E-state index contributed by atoms with van der Waals surface area (Å²) in [6.07, 6.45) is 1.75. The van der Waals surface area contributed by atoms with Crippen molar-refractivity contribution in [3.8, 4) is 11.5 Å². The summed E-state index contributed by atoms with van der Waals surface area (Å²) in [6.45, 7) is 0. The second-order valence-electron chi connectivity index (χ2n) is 5.17. The molecule has 0 saturated carbocycles. The highest BCUT2D eigenvalue weighted by Gasteiger charge is 2.13. The first kappa shape index (κ1) is 15.7. The molecule has 5 heteroatoms. The zero-order valence-electron chi connectivity index (χ0n) is 13.6. The molecule has 0 aliphatic rings. The quantitative estimate of drug-likeness (QED) is 0.765. The summed E-state index contributed by atoms with van der Waals surface area (Å²) in [6, 6.07) is 19.4. The van der Waals surface area contributed by atoms with Crippen molar-refractivity contribution < 1.29 is 9.47 Å². The van der Waals surface area contributed by atoms with E-state index in [1.807, 2.05) is 54.6 Å². The molecular weight excluding hydrogens is 302 g/mol. The van der Waals surface area contributed by atoms with Crippen LogP contribution in [0.2, 0.25) is 0 Å². The average molecular weight is 321 g/mol. The van der Waals surface area contributed by atoms with Crippen molar-refractivity contribution in [1.82, 2.24) is 4.98 Å². The zero-order chi connectivity index (χ0) is 16.9. The smallest absolute Gasteiger partial charge is 0.123 e. The second kappa shape index (κ2) is 6.91. The summed E-state index contributed by atoms with van der Waals surface area (Å²) in [5, 5.41) is 0. The van der Waals surface area contributed by atoms with Gasteiger partial charge >= 0.3 is 0 Å². The van der Waals surface area contributed by atoms with Gasteiger partial charge in [0.25, 0.3) is 0 Å². The van der Waals surface area contributed by atoms with Gasteiger partial charge in [-0.3, -0.25) is 0 Å². The predicted octanol–water partition coefficient (Wildman–Crippen LogP) is 4.15. The van der Waals surface area contributed by atoms with Crippen LogP contribution < -0.4 is 20.1 Å².